The van der Waals surface area contributed by atoms with Crippen LogP contribution in [0.15, 0.2) is 17.4 Å². The monoisotopic (exact) mass is 234 g/mol. The highest BCUT2D eigenvalue weighted by molar-refractivity contribution is 5.27. The summed E-state index contributed by atoms with van der Waals surface area (Å²) in [6, 6.07) is 0. The minimum atomic E-state index is -1.31. The third kappa shape index (κ3) is 3.23. The molecule has 2 atom stereocenters. The zero-order chi connectivity index (χ0) is 13.3. The van der Waals surface area contributed by atoms with Gasteiger partial charge in [0.05, 0.1) is 5.60 Å². The lowest BCUT2D eigenvalue weighted by molar-refractivity contribution is 0.0400. The van der Waals surface area contributed by atoms with E-state index < -0.39 is 11.2 Å². The van der Waals surface area contributed by atoms with Gasteiger partial charge >= 0.3 is 0 Å². The fourth-order valence-electron chi connectivity index (χ4n) is 2.46. The van der Waals surface area contributed by atoms with Gasteiger partial charge in [-0.2, -0.15) is 0 Å². The Morgan fingerprint density at radius 1 is 1.35 bits per heavy atom. The van der Waals surface area contributed by atoms with Crippen LogP contribution in [0.2, 0.25) is 0 Å². The first-order valence-electron chi connectivity index (χ1n) is 6.02. The van der Waals surface area contributed by atoms with E-state index in [1.807, 2.05) is 0 Å². The normalized spacial score (nSPS) is 31.0. The first-order chi connectivity index (χ1) is 7.61. The summed E-state index contributed by atoms with van der Waals surface area (Å²) in [4.78, 5) is 0. The van der Waals surface area contributed by atoms with Gasteiger partial charge in [-0.25, -0.2) is 0 Å². The highest BCUT2D eigenvalue weighted by atomic mass is 16.3. The van der Waals surface area contributed by atoms with Gasteiger partial charge in [0.15, 0.2) is 0 Å². The van der Waals surface area contributed by atoms with Gasteiger partial charge in [0.2, 0.25) is 0 Å². The molecule has 1 aliphatic rings. The molecule has 0 aromatic carbocycles. The van der Waals surface area contributed by atoms with E-state index in [0.717, 1.165) is 24.8 Å². The van der Waals surface area contributed by atoms with Crippen molar-refractivity contribution >= 4 is 0 Å². The lowest BCUT2D eigenvalue weighted by atomic mass is 9.66. The smallest absolute Gasteiger partial charge is 0.148 e. The Labute approximate surface area is 104 Å². The van der Waals surface area contributed by atoms with Crippen LogP contribution >= 0.6 is 0 Å². The summed E-state index contributed by atoms with van der Waals surface area (Å²) in [7, 11) is 0. The lowest BCUT2D eigenvalue weighted by Crippen LogP contribution is -2.39. The fourth-order valence-corrected chi connectivity index (χ4v) is 2.46. The Morgan fingerprint density at radius 2 is 1.94 bits per heavy atom. The second-order valence-corrected chi connectivity index (χ2v) is 5.97. The SMILES string of the molecule is C#CC(C)(O)C=C=C1C(C)(C)CCCC1(C)O. The highest BCUT2D eigenvalue weighted by Crippen LogP contribution is 2.45. The maximum Gasteiger partial charge on any atom is 0.148 e. The number of terminal acetylenes is 1. The number of aliphatic hydroxyl groups is 2. The van der Waals surface area contributed by atoms with Gasteiger partial charge in [-0.3, -0.25) is 0 Å². The molecular formula is C15H22O2. The topological polar surface area (TPSA) is 40.5 Å². The predicted octanol–water partition coefficient (Wildman–Crippen LogP) is 2.41. The standard InChI is InChI=1S/C15H22O2/c1-6-14(4,16)11-8-12-13(2,3)9-7-10-15(12,5)17/h1,11,16-17H,7,9-10H2,2-5H3. The molecule has 2 unspecified atom stereocenters. The van der Waals surface area contributed by atoms with Crippen LogP contribution in [0.5, 0.6) is 0 Å². The van der Waals surface area contributed by atoms with Crippen molar-refractivity contribution in [3.8, 4) is 12.3 Å². The van der Waals surface area contributed by atoms with Crippen molar-refractivity contribution in [3.63, 3.8) is 0 Å². The highest BCUT2D eigenvalue weighted by Gasteiger charge is 2.40. The summed E-state index contributed by atoms with van der Waals surface area (Å²) in [5, 5.41) is 20.1. The molecule has 94 valence electrons. The Kier molecular flexibility index (Phi) is 3.60. The molecule has 0 bridgehead atoms. The molecule has 1 fully saturated rings. The number of rotatable bonds is 1. The molecule has 0 amide bonds. The molecule has 0 aromatic heterocycles. The Hall–Kier alpha value is -1.00. The van der Waals surface area contributed by atoms with Crippen molar-refractivity contribution in [2.45, 2.75) is 58.2 Å². The predicted molar refractivity (Wildman–Crippen MR) is 69.3 cm³/mol. The molecule has 0 radical (unpaired) electrons. The average Bonchev–Trinajstić information content (AvgIpc) is 2.14. The quantitative estimate of drug-likeness (QED) is 0.540. The Balaban J connectivity index is 3.24. The summed E-state index contributed by atoms with van der Waals surface area (Å²) in [5.74, 6) is 2.28. The zero-order valence-electron chi connectivity index (χ0n) is 11.2. The summed E-state index contributed by atoms with van der Waals surface area (Å²) < 4.78 is 0. The van der Waals surface area contributed by atoms with Crippen LogP contribution in [0.3, 0.4) is 0 Å². The van der Waals surface area contributed by atoms with E-state index in [2.05, 4.69) is 25.5 Å². The van der Waals surface area contributed by atoms with Gasteiger partial charge in [-0.05, 0) is 38.5 Å². The maximum absolute atomic E-state index is 10.4. The fraction of sp³-hybridized carbons (Fsp3) is 0.667. The van der Waals surface area contributed by atoms with Crippen molar-refractivity contribution in [2.75, 3.05) is 0 Å². The summed E-state index contributed by atoms with van der Waals surface area (Å²) in [5.41, 5.74) is 1.59. The van der Waals surface area contributed by atoms with Crippen LogP contribution in [-0.4, -0.2) is 21.4 Å². The first kappa shape index (κ1) is 14.1. The van der Waals surface area contributed by atoms with E-state index in [-0.39, 0.29) is 5.41 Å². The second kappa shape index (κ2) is 4.35. The third-order valence-corrected chi connectivity index (χ3v) is 3.47. The van der Waals surface area contributed by atoms with Crippen LogP contribution in [0.4, 0.5) is 0 Å². The molecular weight excluding hydrogens is 212 g/mol. The van der Waals surface area contributed by atoms with E-state index in [9.17, 15) is 10.2 Å². The van der Waals surface area contributed by atoms with Gasteiger partial charge in [-0.15, -0.1) is 12.2 Å². The Bertz CT molecular complexity index is 381. The number of hydrogen-bond acceptors (Lipinski definition) is 2. The number of hydrogen-bond donors (Lipinski definition) is 2. The largest absolute Gasteiger partial charge is 0.385 e. The zero-order valence-corrected chi connectivity index (χ0v) is 11.2. The van der Waals surface area contributed by atoms with E-state index in [1.54, 1.807) is 6.92 Å². The molecule has 2 heteroatoms. The molecule has 1 saturated carbocycles. The van der Waals surface area contributed by atoms with Crippen LogP contribution in [-0.2, 0) is 0 Å². The van der Waals surface area contributed by atoms with Gasteiger partial charge in [0.1, 0.15) is 5.60 Å². The van der Waals surface area contributed by atoms with Crippen LogP contribution < -0.4 is 0 Å². The molecule has 0 spiro atoms. The lowest BCUT2D eigenvalue weighted by Gasteiger charge is -2.41. The van der Waals surface area contributed by atoms with Gasteiger partial charge in [-0.1, -0.05) is 19.8 Å². The molecule has 1 rings (SSSR count). The third-order valence-electron chi connectivity index (χ3n) is 3.47. The molecule has 0 aromatic rings. The molecule has 0 saturated heterocycles. The van der Waals surface area contributed by atoms with E-state index in [1.165, 1.54) is 13.0 Å². The van der Waals surface area contributed by atoms with Crippen molar-refractivity contribution in [2.24, 2.45) is 5.41 Å². The molecule has 2 nitrogen and oxygen atoms in total. The molecule has 2 N–H and O–H groups in total. The molecule has 17 heavy (non-hydrogen) atoms. The molecule has 1 aliphatic carbocycles. The minimum Gasteiger partial charge on any atom is -0.385 e. The van der Waals surface area contributed by atoms with Crippen LogP contribution in [0, 0.1) is 17.8 Å². The van der Waals surface area contributed by atoms with E-state index in [4.69, 9.17) is 6.42 Å². The summed E-state index contributed by atoms with van der Waals surface area (Å²) in [6.07, 6.45) is 9.41. The van der Waals surface area contributed by atoms with Crippen molar-refractivity contribution in [1.82, 2.24) is 0 Å². The maximum atomic E-state index is 10.4. The van der Waals surface area contributed by atoms with Crippen molar-refractivity contribution in [3.05, 3.63) is 17.4 Å². The van der Waals surface area contributed by atoms with E-state index >= 15 is 0 Å². The van der Waals surface area contributed by atoms with Gasteiger partial charge in [0, 0.05) is 11.6 Å². The molecule has 0 heterocycles. The van der Waals surface area contributed by atoms with Crippen LogP contribution in [0.1, 0.15) is 47.0 Å². The van der Waals surface area contributed by atoms with Crippen molar-refractivity contribution < 1.29 is 10.2 Å². The van der Waals surface area contributed by atoms with Crippen molar-refractivity contribution in [1.29, 1.82) is 0 Å². The second-order valence-electron chi connectivity index (χ2n) is 5.97. The first-order valence-corrected chi connectivity index (χ1v) is 6.02. The van der Waals surface area contributed by atoms with Crippen LogP contribution in [0.25, 0.3) is 0 Å². The summed E-state index contributed by atoms with van der Waals surface area (Å²) >= 11 is 0. The summed E-state index contributed by atoms with van der Waals surface area (Å²) in [6.45, 7) is 7.50. The van der Waals surface area contributed by atoms with Gasteiger partial charge in [0.25, 0.3) is 0 Å². The van der Waals surface area contributed by atoms with Gasteiger partial charge < -0.3 is 10.2 Å². The molecule has 0 aliphatic heterocycles. The van der Waals surface area contributed by atoms with E-state index in [0.29, 0.717) is 0 Å². The minimum absolute atomic E-state index is 0.108. The Morgan fingerprint density at radius 3 is 2.41 bits per heavy atom. The average molecular weight is 234 g/mol.